The fourth-order valence-corrected chi connectivity index (χ4v) is 2.76. The lowest BCUT2D eigenvalue weighted by Crippen LogP contribution is -2.17. The Bertz CT molecular complexity index is 735. The van der Waals surface area contributed by atoms with Crippen molar-refractivity contribution >= 4 is 10.8 Å². The molecular weight excluding hydrogens is 262 g/mol. The third kappa shape index (κ3) is 2.61. The summed E-state index contributed by atoms with van der Waals surface area (Å²) < 4.78 is 7.20. The number of ether oxygens (including phenoxy) is 1. The monoisotopic (exact) mass is 281 g/mol. The quantitative estimate of drug-likeness (QED) is 0.732. The zero-order chi connectivity index (χ0) is 14.8. The molecule has 4 nitrogen and oxygen atoms in total. The first kappa shape index (κ1) is 13.6. The average molecular weight is 281 g/mol. The topological polar surface area (TPSA) is 39.9 Å². The summed E-state index contributed by atoms with van der Waals surface area (Å²) in [5, 5.41) is 10.5. The molecule has 0 spiro atoms. The van der Waals surface area contributed by atoms with Crippen molar-refractivity contribution in [1.29, 1.82) is 0 Å². The molecule has 21 heavy (non-hydrogen) atoms. The molecule has 108 valence electrons. The summed E-state index contributed by atoms with van der Waals surface area (Å²) in [5.41, 5.74) is 1.24. The Labute approximate surface area is 124 Å². The van der Waals surface area contributed by atoms with E-state index < -0.39 is 0 Å². The number of rotatable bonds is 4. The molecule has 1 atom stereocenters. The molecule has 0 saturated carbocycles. The van der Waals surface area contributed by atoms with Gasteiger partial charge in [0.25, 0.3) is 0 Å². The predicted octanol–water partition coefficient (Wildman–Crippen LogP) is 3.69. The van der Waals surface area contributed by atoms with E-state index in [1.165, 1.54) is 16.3 Å². The summed E-state index contributed by atoms with van der Waals surface area (Å²) in [7, 11) is 1.69. The number of methoxy groups -OCH3 is 1. The molecule has 0 N–H and O–H groups in total. The minimum Gasteiger partial charge on any atom is -0.497 e. The molecule has 0 saturated heterocycles. The first-order valence-electron chi connectivity index (χ1n) is 7.12. The minimum atomic E-state index is 0.194. The van der Waals surface area contributed by atoms with E-state index in [4.69, 9.17) is 4.74 Å². The van der Waals surface area contributed by atoms with Gasteiger partial charge in [-0.1, -0.05) is 37.3 Å². The molecule has 0 radical (unpaired) electrons. The molecule has 4 heteroatoms. The molecule has 3 aromatic rings. The summed E-state index contributed by atoms with van der Waals surface area (Å²) in [4.78, 5) is 0. The van der Waals surface area contributed by atoms with Crippen LogP contribution >= 0.6 is 0 Å². The maximum absolute atomic E-state index is 5.27. The molecular formula is C17H19N3O. The van der Waals surface area contributed by atoms with Gasteiger partial charge >= 0.3 is 0 Å². The van der Waals surface area contributed by atoms with Gasteiger partial charge in [0.05, 0.1) is 19.3 Å². The van der Waals surface area contributed by atoms with E-state index in [-0.39, 0.29) is 6.04 Å². The van der Waals surface area contributed by atoms with Gasteiger partial charge < -0.3 is 4.74 Å². The van der Waals surface area contributed by atoms with E-state index in [9.17, 15) is 0 Å². The molecule has 0 amide bonds. The van der Waals surface area contributed by atoms with E-state index >= 15 is 0 Å². The fourth-order valence-electron chi connectivity index (χ4n) is 2.76. The maximum Gasteiger partial charge on any atom is 0.119 e. The summed E-state index contributed by atoms with van der Waals surface area (Å²) in [5.74, 6) is 1.31. The molecule has 1 heterocycles. The van der Waals surface area contributed by atoms with Crippen molar-refractivity contribution in [2.75, 3.05) is 7.11 Å². The Hall–Kier alpha value is -2.36. The van der Waals surface area contributed by atoms with Crippen LogP contribution in [-0.2, 0) is 0 Å². The molecule has 3 rings (SSSR count). The minimum absolute atomic E-state index is 0.194. The molecule has 0 aliphatic heterocycles. The van der Waals surface area contributed by atoms with Crippen molar-refractivity contribution in [3.05, 3.63) is 54.4 Å². The molecule has 2 aromatic carbocycles. The van der Waals surface area contributed by atoms with Gasteiger partial charge in [-0.25, -0.2) is 4.68 Å². The van der Waals surface area contributed by atoms with Crippen molar-refractivity contribution in [3.8, 4) is 5.75 Å². The Morgan fingerprint density at radius 2 is 1.81 bits per heavy atom. The van der Waals surface area contributed by atoms with Crippen LogP contribution in [0, 0.1) is 5.92 Å². The lowest BCUT2D eigenvalue weighted by atomic mass is 9.94. The highest BCUT2D eigenvalue weighted by atomic mass is 16.5. The van der Waals surface area contributed by atoms with Crippen LogP contribution in [-0.4, -0.2) is 22.1 Å². The van der Waals surface area contributed by atoms with Crippen LogP contribution in [0.2, 0.25) is 0 Å². The largest absolute Gasteiger partial charge is 0.497 e. The standard InChI is InChI=1S/C17H19N3O/c1-12(2)17(20-9-8-18-19-20)15-5-4-14-11-16(21-3)7-6-13(14)10-15/h4-12,17H,1-3H3. The van der Waals surface area contributed by atoms with Crippen molar-refractivity contribution in [2.24, 2.45) is 5.92 Å². The number of hydrogen-bond donors (Lipinski definition) is 0. The van der Waals surface area contributed by atoms with Crippen LogP contribution < -0.4 is 4.74 Å². The van der Waals surface area contributed by atoms with Crippen LogP contribution in [0.1, 0.15) is 25.5 Å². The summed E-state index contributed by atoms with van der Waals surface area (Å²) in [6.07, 6.45) is 3.64. The SMILES string of the molecule is COc1ccc2cc(C(C(C)C)n3ccnn3)ccc2c1. The Morgan fingerprint density at radius 1 is 1.05 bits per heavy atom. The smallest absolute Gasteiger partial charge is 0.119 e. The highest BCUT2D eigenvalue weighted by Gasteiger charge is 2.18. The predicted molar refractivity (Wildman–Crippen MR) is 83.5 cm³/mol. The van der Waals surface area contributed by atoms with Gasteiger partial charge in [0, 0.05) is 6.20 Å². The highest BCUT2D eigenvalue weighted by Crippen LogP contribution is 2.29. The van der Waals surface area contributed by atoms with E-state index in [1.54, 1.807) is 13.3 Å². The van der Waals surface area contributed by atoms with Gasteiger partial charge in [-0.05, 0) is 40.5 Å². The van der Waals surface area contributed by atoms with Crippen molar-refractivity contribution in [1.82, 2.24) is 15.0 Å². The van der Waals surface area contributed by atoms with Crippen LogP contribution in [0.25, 0.3) is 10.8 Å². The number of hydrogen-bond acceptors (Lipinski definition) is 3. The second kappa shape index (κ2) is 5.56. The maximum atomic E-state index is 5.27. The van der Waals surface area contributed by atoms with Crippen LogP contribution in [0.15, 0.2) is 48.8 Å². The third-order valence-corrected chi connectivity index (χ3v) is 3.77. The number of fused-ring (bicyclic) bond motifs is 1. The normalized spacial score (nSPS) is 12.8. The molecule has 0 aliphatic carbocycles. The van der Waals surface area contributed by atoms with Crippen molar-refractivity contribution in [2.45, 2.75) is 19.9 Å². The Balaban J connectivity index is 2.07. The highest BCUT2D eigenvalue weighted by molar-refractivity contribution is 5.84. The first-order chi connectivity index (χ1) is 10.2. The lowest BCUT2D eigenvalue weighted by molar-refractivity contribution is 0.394. The molecule has 1 aromatic heterocycles. The molecule has 0 bridgehead atoms. The summed E-state index contributed by atoms with van der Waals surface area (Å²) in [6.45, 7) is 4.40. The molecule has 0 aliphatic rings. The average Bonchev–Trinajstić information content (AvgIpc) is 3.00. The zero-order valence-corrected chi connectivity index (χ0v) is 12.5. The Kier molecular flexibility index (Phi) is 3.60. The van der Waals surface area contributed by atoms with Crippen LogP contribution in [0.5, 0.6) is 5.75 Å². The van der Waals surface area contributed by atoms with Gasteiger partial charge in [0.15, 0.2) is 0 Å². The molecule has 0 fully saturated rings. The number of aromatic nitrogens is 3. The second-order valence-electron chi connectivity index (χ2n) is 5.54. The number of nitrogens with zero attached hydrogens (tertiary/aromatic N) is 3. The lowest BCUT2D eigenvalue weighted by Gasteiger charge is -2.21. The Morgan fingerprint density at radius 3 is 2.48 bits per heavy atom. The first-order valence-corrected chi connectivity index (χ1v) is 7.12. The number of benzene rings is 2. The van der Waals surface area contributed by atoms with E-state index in [0.717, 1.165) is 5.75 Å². The van der Waals surface area contributed by atoms with E-state index in [1.807, 2.05) is 16.9 Å². The second-order valence-corrected chi connectivity index (χ2v) is 5.54. The van der Waals surface area contributed by atoms with E-state index in [2.05, 4.69) is 54.5 Å². The fraction of sp³-hybridized carbons (Fsp3) is 0.294. The van der Waals surface area contributed by atoms with Gasteiger partial charge in [0.2, 0.25) is 0 Å². The van der Waals surface area contributed by atoms with Gasteiger partial charge in [0.1, 0.15) is 5.75 Å². The summed E-state index contributed by atoms with van der Waals surface area (Å²) in [6, 6.07) is 12.9. The van der Waals surface area contributed by atoms with Crippen molar-refractivity contribution < 1.29 is 4.74 Å². The van der Waals surface area contributed by atoms with Gasteiger partial charge in [-0.3, -0.25) is 0 Å². The van der Waals surface area contributed by atoms with Crippen molar-refractivity contribution in [3.63, 3.8) is 0 Å². The third-order valence-electron chi connectivity index (χ3n) is 3.77. The zero-order valence-electron chi connectivity index (χ0n) is 12.5. The van der Waals surface area contributed by atoms with Gasteiger partial charge in [-0.2, -0.15) is 0 Å². The van der Waals surface area contributed by atoms with Gasteiger partial charge in [-0.15, -0.1) is 5.10 Å². The van der Waals surface area contributed by atoms with Crippen LogP contribution in [0.4, 0.5) is 0 Å². The molecule has 1 unspecified atom stereocenters. The van der Waals surface area contributed by atoms with Crippen LogP contribution in [0.3, 0.4) is 0 Å². The van der Waals surface area contributed by atoms with E-state index in [0.29, 0.717) is 5.92 Å². The summed E-state index contributed by atoms with van der Waals surface area (Å²) >= 11 is 0.